The zero-order valence-electron chi connectivity index (χ0n) is 8.85. The summed E-state index contributed by atoms with van der Waals surface area (Å²) in [7, 11) is 0. The van der Waals surface area contributed by atoms with Crippen LogP contribution in [-0.2, 0) is 0 Å². The average molecular weight is 279 g/mol. The molecule has 0 heterocycles. The molecule has 0 N–H and O–H groups in total. The lowest BCUT2D eigenvalue weighted by atomic mass is 10.1. The summed E-state index contributed by atoms with van der Waals surface area (Å²) in [5.74, 6) is -1.66. The molecule has 15 heavy (non-hydrogen) atoms. The van der Waals surface area contributed by atoms with Crippen LogP contribution in [0.25, 0.3) is 0 Å². The molecule has 4 heteroatoms. The first-order valence-corrected chi connectivity index (χ1v) is 5.52. The highest BCUT2D eigenvalue weighted by molar-refractivity contribution is 9.10. The Morgan fingerprint density at radius 1 is 1.20 bits per heavy atom. The molecule has 0 aliphatic rings. The highest BCUT2D eigenvalue weighted by atomic mass is 79.9. The molecular formula is C11H13BrF2O. The van der Waals surface area contributed by atoms with E-state index in [-0.39, 0.29) is 17.8 Å². The molecule has 1 atom stereocenters. The Morgan fingerprint density at radius 2 is 1.80 bits per heavy atom. The third-order valence-corrected chi connectivity index (χ3v) is 2.67. The molecule has 0 saturated carbocycles. The van der Waals surface area contributed by atoms with E-state index in [1.807, 2.05) is 20.8 Å². The average Bonchev–Trinajstić information content (AvgIpc) is 2.13. The topological polar surface area (TPSA) is 9.23 Å². The Bertz CT molecular complexity index is 353. The van der Waals surface area contributed by atoms with Crippen LogP contribution in [0.2, 0.25) is 0 Å². The van der Waals surface area contributed by atoms with Crippen molar-refractivity contribution in [3.8, 4) is 5.75 Å². The summed E-state index contributed by atoms with van der Waals surface area (Å²) in [4.78, 5) is 0. The maximum absolute atomic E-state index is 13.3. The van der Waals surface area contributed by atoms with Crippen LogP contribution in [0.4, 0.5) is 8.78 Å². The number of hydrogen-bond acceptors (Lipinski definition) is 1. The summed E-state index contributed by atoms with van der Waals surface area (Å²) in [5, 5.41) is 0. The minimum atomic E-state index is -0.939. The largest absolute Gasteiger partial charge is 0.487 e. The van der Waals surface area contributed by atoms with E-state index in [4.69, 9.17) is 4.74 Å². The van der Waals surface area contributed by atoms with Gasteiger partial charge in [0.25, 0.3) is 0 Å². The predicted molar refractivity (Wildman–Crippen MR) is 59.0 cm³/mol. The van der Waals surface area contributed by atoms with Gasteiger partial charge >= 0.3 is 0 Å². The molecule has 1 nitrogen and oxygen atoms in total. The van der Waals surface area contributed by atoms with Crippen LogP contribution in [0.1, 0.15) is 20.8 Å². The third-order valence-electron chi connectivity index (χ3n) is 2.21. The van der Waals surface area contributed by atoms with Crippen molar-refractivity contribution in [1.82, 2.24) is 0 Å². The lowest BCUT2D eigenvalue weighted by Gasteiger charge is -2.18. The smallest absolute Gasteiger partial charge is 0.200 e. The van der Waals surface area contributed by atoms with Crippen molar-refractivity contribution in [2.24, 2.45) is 5.92 Å². The van der Waals surface area contributed by atoms with Gasteiger partial charge in [-0.1, -0.05) is 29.8 Å². The summed E-state index contributed by atoms with van der Waals surface area (Å²) in [6, 6.07) is 2.50. The fourth-order valence-electron chi connectivity index (χ4n) is 0.954. The van der Waals surface area contributed by atoms with Gasteiger partial charge in [0, 0.05) is 4.47 Å². The fraction of sp³-hybridized carbons (Fsp3) is 0.455. The number of ether oxygens (including phenoxy) is 1. The van der Waals surface area contributed by atoms with Crippen molar-refractivity contribution in [2.45, 2.75) is 26.9 Å². The molecule has 0 saturated heterocycles. The third kappa shape index (κ3) is 3.16. The first kappa shape index (κ1) is 12.4. The predicted octanol–water partition coefficient (Wildman–Crippen LogP) is 4.15. The fourth-order valence-corrected chi connectivity index (χ4v) is 1.36. The van der Waals surface area contributed by atoms with Gasteiger partial charge in [-0.25, -0.2) is 4.39 Å². The van der Waals surface area contributed by atoms with Gasteiger partial charge in [0.15, 0.2) is 11.6 Å². The molecule has 0 amide bonds. The van der Waals surface area contributed by atoms with Crippen LogP contribution in [0, 0.1) is 17.6 Å². The molecule has 0 spiro atoms. The molecule has 0 fully saturated rings. The van der Waals surface area contributed by atoms with Crippen molar-refractivity contribution in [3.05, 3.63) is 28.2 Å². The maximum Gasteiger partial charge on any atom is 0.200 e. The highest BCUT2D eigenvalue weighted by Gasteiger charge is 2.15. The molecule has 0 radical (unpaired) electrons. The van der Waals surface area contributed by atoms with Crippen molar-refractivity contribution in [2.75, 3.05) is 0 Å². The second-order valence-electron chi connectivity index (χ2n) is 3.77. The molecule has 1 aromatic carbocycles. The molecule has 1 aromatic rings. The van der Waals surface area contributed by atoms with Crippen LogP contribution in [0.5, 0.6) is 5.75 Å². The van der Waals surface area contributed by atoms with Gasteiger partial charge in [-0.15, -0.1) is 0 Å². The molecule has 1 unspecified atom stereocenters. The summed E-state index contributed by atoms with van der Waals surface area (Å²) in [5.41, 5.74) is 0. The molecule has 0 bridgehead atoms. The van der Waals surface area contributed by atoms with Gasteiger partial charge in [-0.05, 0) is 25.0 Å². The SMILES string of the molecule is CC(C)C(C)Oc1cc(Br)cc(F)c1F. The van der Waals surface area contributed by atoms with Crippen LogP contribution < -0.4 is 4.74 Å². The zero-order chi connectivity index (χ0) is 11.6. The Balaban J connectivity index is 2.94. The quantitative estimate of drug-likeness (QED) is 0.755. The van der Waals surface area contributed by atoms with E-state index in [1.165, 1.54) is 6.07 Å². The van der Waals surface area contributed by atoms with Gasteiger partial charge < -0.3 is 4.74 Å². The monoisotopic (exact) mass is 278 g/mol. The van der Waals surface area contributed by atoms with Crippen LogP contribution in [0.15, 0.2) is 16.6 Å². The summed E-state index contributed by atoms with van der Waals surface area (Å²) in [6.45, 7) is 5.73. The molecule has 0 aromatic heterocycles. The van der Waals surface area contributed by atoms with Gasteiger partial charge in [0.1, 0.15) is 0 Å². The van der Waals surface area contributed by atoms with Gasteiger partial charge in [-0.3, -0.25) is 0 Å². The van der Waals surface area contributed by atoms with Crippen molar-refractivity contribution >= 4 is 15.9 Å². The standard InChI is InChI=1S/C11H13BrF2O/c1-6(2)7(3)15-10-5-8(12)4-9(13)11(10)14/h4-7H,1-3H3. The second-order valence-corrected chi connectivity index (χ2v) is 4.68. The van der Waals surface area contributed by atoms with E-state index in [1.54, 1.807) is 0 Å². The van der Waals surface area contributed by atoms with Crippen molar-refractivity contribution < 1.29 is 13.5 Å². The summed E-state index contributed by atoms with van der Waals surface area (Å²) < 4.78 is 32.1. The number of halogens is 3. The summed E-state index contributed by atoms with van der Waals surface area (Å²) >= 11 is 3.09. The van der Waals surface area contributed by atoms with E-state index >= 15 is 0 Å². The summed E-state index contributed by atoms with van der Waals surface area (Å²) in [6.07, 6.45) is -0.159. The minimum absolute atomic E-state index is 0.0527. The van der Waals surface area contributed by atoms with Crippen molar-refractivity contribution in [1.29, 1.82) is 0 Å². The van der Waals surface area contributed by atoms with E-state index in [0.717, 1.165) is 6.07 Å². The number of rotatable bonds is 3. The minimum Gasteiger partial charge on any atom is -0.487 e. The van der Waals surface area contributed by atoms with Crippen molar-refractivity contribution in [3.63, 3.8) is 0 Å². The van der Waals surface area contributed by atoms with Gasteiger partial charge in [-0.2, -0.15) is 4.39 Å². The molecule has 0 aliphatic heterocycles. The first-order chi connectivity index (χ1) is 6.91. The highest BCUT2D eigenvalue weighted by Crippen LogP contribution is 2.27. The van der Waals surface area contributed by atoms with Crippen LogP contribution >= 0.6 is 15.9 Å². The second kappa shape index (κ2) is 4.92. The van der Waals surface area contributed by atoms with E-state index in [9.17, 15) is 8.78 Å². The van der Waals surface area contributed by atoms with Gasteiger partial charge in [0.05, 0.1) is 6.10 Å². The number of benzene rings is 1. The first-order valence-electron chi connectivity index (χ1n) is 4.73. The van der Waals surface area contributed by atoms with E-state index in [0.29, 0.717) is 4.47 Å². The molecule has 1 rings (SSSR count). The molecular weight excluding hydrogens is 266 g/mol. The van der Waals surface area contributed by atoms with E-state index < -0.39 is 11.6 Å². The Kier molecular flexibility index (Phi) is 4.08. The van der Waals surface area contributed by atoms with Gasteiger partial charge in [0.2, 0.25) is 5.82 Å². The van der Waals surface area contributed by atoms with Crippen LogP contribution in [-0.4, -0.2) is 6.10 Å². The lowest BCUT2D eigenvalue weighted by molar-refractivity contribution is 0.161. The lowest BCUT2D eigenvalue weighted by Crippen LogP contribution is -2.19. The normalized spacial score (nSPS) is 13.0. The van der Waals surface area contributed by atoms with E-state index in [2.05, 4.69) is 15.9 Å². The Hall–Kier alpha value is -0.640. The number of hydrogen-bond donors (Lipinski definition) is 0. The Morgan fingerprint density at radius 3 is 2.33 bits per heavy atom. The zero-order valence-corrected chi connectivity index (χ0v) is 10.4. The molecule has 0 aliphatic carbocycles. The Labute approximate surface area is 96.6 Å². The maximum atomic E-state index is 13.3. The van der Waals surface area contributed by atoms with Crippen LogP contribution in [0.3, 0.4) is 0 Å². The molecule has 84 valence electrons.